The molecule has 1 rings (SSSR count). The van der Waals surface area contributed by atoms with Crippen molar-refractivity contribution < 1.29 is 4.74 Å². The van der Waals surface area contributed by atoms with Crippen molar-refractivity contribution in [1.29, 1.82) is 0 Å². The van der Waals surface area contributed by atoms with E-state index in [1.165, 1.54) is 5.57 Å². The lowest BCUT2D eigenvalue weighted by Crippen LogP contribution is -2.51. The SMILES string of the molecule is C=C1[C@@H](C)[C@H](OCC)C1(C)C. The van der Waals surface area contributed by atoms with Crippen LogP contribution in [0.2, 0.25) is 0 Å². The molecular formula is C10H18O. The number of hydrogen-bond donors (Lipinski definition) is 0. The maximum absolute atomic E-state index is 5.61. The Bertz CT molecular complexity index is 170. The molecule has 1 saturated carbocycles. The lowest BCUT2D eigenvalue weighted by molar-refractivity contribution is -0.0812. The van der Waals surface area contributed by atoms with Gasteiger partial charge in [-0.15, -0.1) is 0 Å². The van der Waals surface area contributed by atoms with Crippen molar-refractivity contribution in [2.24, 2.45) is 11.3 Å². The third kappa shape index (κ3) is 1.12. The van der Waals surface area contributed by atoms with Crippen molar-refractivity contribution in [2.45, 2.75) is 33.8 Å². The summed E-state index contributed by atoms with van der Waals surface area (Å²) in [5, 5.41) is 0. The molecule has 1 aliphatic carbocycles. The Morgan fingerprint density at radius 1 is 1.55 bits per heavy atom. The van der Waals surface area contributed by atoms with Crippen LogP contribution in [0, 0.1) is 11.3 Å². The average molecular weight is 154 g/mol. The molecule has 0 amide bonds. The van der Waals surface area contributed by atoms with E-state index >= 15 is 0 Å². The van der Waals surface area contributed by atoms with E-state index in [1.54, 1.807) is 0 Å². The van der Waals surface area contributed by atoms with E-state index in [4.69, 9.17) is 4.74 Å². The molecule has 1 nitrogen and oxygen atoms in total. The predicted octanol–water partition coefficient (Wildman–Crippen LogP) is 2.62. The maximum Gasteiger partial charge on any atom is 0.0725 e. The van der Waals surface area contributed by atoms with Crippen LogP contribution in [-0.2, 0) is 4.74 Å². The quantitative estimate of drug-likeness (QED) is 0.555. The minimum absolute atomic E-state index is 0.204. The molecule has 0 heterocycles. The number of rotatable bonds is 2. The summed E-state index contributed by atoms with van der Waals surface area (Å²) in [5.41, 5.74) is 1.53. The number of ether oxygens (including phenoxy) is 1. The van der Waals surface area contributed by atoms with Gasteiger partial charge in [-0.2, -0.15) is 0 Å². The summed E-state index contributed by atoms with van der Waals surface area (Å²) in [4.78, 5) is 0. The van der Waals surface area contributed by atoms with Crippen LogP contribution in [0.5, 0.6) is 0 Å². The van der Waals surface area contributed by atoms with Crippen LogP contribution in [0.25, 0.3) is 0 Å². The molecule has 0 radical (unpaired) electrons. The van der Waals surface area contributed by atoms with Crippen LogP contribution in [0.15, 0.2) is 12.2 Å². The standard InChI is InChI=1S/C10H18O/c1-6-11-9-7(2)8(3)10(9,4)5/h7,9H,3,6H2,1-2,4-5H3/t7-,9+/m1/s1. The largest absolute Gasteiger partial charge is 0.377 e. The molecule has 1 aliphatic rings. The highest BCUT2D eigenvalue weighted by Gasteiger charge is 2.48. The number of hydrogen-bond acceptors (Lipinski definition) is 1. The highest BCUT2D eigenvalue weighted by Crippen LogP contribution is 2.50. The minimum Gasteiger partial charge on any atom is -0.377 e. The first-order chi connectivity index (χ1) is 5.01. The zero-order valence-corrected chi connectivity index (χ0v) is 7.98. The summed E-state index contributed by atoms with van der Waals surface area (Å²) >= 11 is 0. The molecule has 64 valence electrons. The van der Waals surface area contributed by atoms with E-state index in [-0.39, 0.29) is 5.41 Å². The van der Waals surface area contributed by atoms with Crippen LogP contribution in [0.1, 0.15) is 27.7 Å². The van der Waals surface area contributed by atoms with E-state index in [0.717, 1.165) is 6.61 Å². The van der Waals surface area contributed by atoms with Gasteiger partial charge >= 0.3 is 0 Å². The fourth-order valence-electron chi connectivity index (χ4n) is 2.01. The van der Waals surface area contributed by atoms with Crippen LogP contribution < -0.4 is 0 Å². The molecule has 0 bridgehead atoms. The highest BCUT2D eigenvalue weighted by molar-refractivity contribution is 5.26. The summed E-state index contributed by atoms with van der Waals surface area (Å²) in [7, 11) is 0. The van der Waals surface area contributed by atoms with Crippen LogP contribution in [-0.4, -0.2) is 12.7 Å². The third-order valence-corrected chi connectivity index (χ3v) is 2.89. The van der Waals surface area contributed by atoms with E-state index in [0.29, 0.717) is 12.0 Å². The van der Waals surface area contributed by atoms with Gasteiger partial charge in [-0.05, 0) is 6.92 Å². The summed E-state index contributed by atoms with van der Waals surface area (Å²) in [6, 6.07) is 0. The van der Waals surface area contributed by atoms with Gasteiger partial charge in [-0.25, -0.2) is 0 Å². The summed E-state index contributed by atoms with van der Waals surface area (Å²) in [6.07, 6.45) is 0.389. The topological polar surface area (TPSA) is 9.23 Å². The lowest BCUT2D eigenvalue weighted by atomic mass is 9.59. The van der Waals surface area contributed by atoms with Crippen molar-refractivity contribution in [3.8, 4) is 0 Å². The zero-order chi connectivity index (χ0) is 8.65. The Morgan fingerprint density at radius 3 is 2.45 bits per heavy atom. The molecule has 1 heteroatoms. The molecule has 0 aromatic carbocycles. The molecular weight excluding hydrogens is 136 g/mol. The molecule has 0 unspecified atom stereocenters. The van der Waals surface area contributed by atoms with Crippen LogP contribution in [0.4, 0.5) is 0 Å². The first kappa shape index (κ1) is 8.79. The van der Waals surface area contributed by atoms with Gasteiger partial charge in [0.05, 0.1) is 6.10 Å². The van der Waals surface area contributed by atoms with Gasteiger partial charge in [-0.1, -0.05) is 32.9 Å². The van der Waals surface area contributed by atoms with Gasteiger partial charge < -0.3 is 4.74 Å². The van der Waals surface area contributed by atoms with E-state index in [9.17, 15) is 0 Å². The van der Waals surface area contributed by atoms with Crippen molar-refractivity contribution in [1.82, 2.24) is 0 Å². The first-order valence-electron chi connectivity index (χ1n) is 4.32. The second kappa shape index (κ2) is 2.63. The second-order valence-electron chi connectivity index (χ2n) is 3.91. The Balaban J connectivity index is 2.61. The maximum atomic E-state index is 5.61. The Labute approximate surface area is 69.4 Å². The van der Waals surface area contributed by atoms with E-state index in [1.807, 2.05) is 6.92 Å². The molecule has 2 atom stereocenters. The fourth-order valence-corrected chi connectivity index (χ4v) is 2.01. The first-order valence-corrected chi connectivity index (χ1v) is 4.32. The van der Waals surface area contributed by atoms with Crippen LogP contribution >= 0.6 is 0 Å². The minimum atomic E-state index is 0.204. The van der Waals surface area contributed by atoms with E-state index in [2.05, 4.69) is 27.4 Å². The monoisotopic (exact) mass is 154 g/mol. The molecule has 0 aliphatic heterocycles. The van der Waals surface area contributed by atoms with Gasteiger partial charge in [0, 0.05) is 17.9 Å². The molecule has 1 fully saturated rings. The zero-order valence-electron chi connectivity index (χ0n) is 7.98. The molecule has 0 N–H and O–H groups in total. The summed E-state index contributed by atoms with van der Waals surface area (Å²) in [5.74, 6) is 0.546. The molecule has 0 aromatic rings. The molecule has 11 heavy (non-hydrogen) atoms. The van der Waals surface area contributed by atoms with Gasteiger partial charge in [0.15, 0.2) is 0 Å². The summed E-state index contributed by atoms with van der Waals surface area (Å²) in [6.45, 7) is 13.5. The van der Waals surface area contributed by atoms with Crippen molar-refractivity contribution in [2.75, 3.05) is 6.61 Å². The van der Waals surface area contributed by atoms with Crippen molar-refractivity contribution in [3.05, 3.63) is 12.2 Å². The average Bonchev–Trinajstić information content (AvgIpc) is 1.98. The normalized spacial score (nSPS) is 35.1. The fraction of sp³-hybridized carbons (Fsp3) is 0.800. The van der Waals surface area contributed by atoms with Gasteiger partial charge in [0.25, 0.3) is 0 Å². The lowest BCUT2D eigenvalue weighted by Gasteiger charge is -2.51. The molecule has 0 saturated heterocycles. The Morgan fingerprint density at radius 2 is 2.09 bits per heavy atom. The smallest absolute Gasteiger partial charge is 0.0725 e. The van der Waals surface area contributed by atoms with Crippen molar-refractivity contribution in [3.63, 3.8) is 0 Å². The molecule has 0 spiro atoms. The van der Waals surface area contributed by atoms with Gasteiger partial charge in [0.2, 0.25) is 0 Å². The third-order valence-electron chi connectivity index (χ3n) is 2.89. The predicted molar refractivity (Wildman–Crippen MR) is 47.5 cm³/mol. The second-order valence-corrected chi connectivity index (χ2v) is 3.91. The Hall–Kier alpha value is -0.300. The van der Waals surface area contributed by atoms with Crippen molar-refractivity contribution >= 4 is 0 Å². The summed E-state index contributed by atoms with van der Waals surface area (Å²) < 4.78 is 5.61. The highest BCUT2D eigenvalue weighted by atomic mass is 16.5. The van der Waals surface area contributed by atoms with Gasteiger partial charge in [0.1, 0.15) is 0 Å². The van der Waals surface area contributed by atoms with Crippen LogP contribution in [0.3, 0.4) is 0 Å². The van der Waals surface area contributed by atoms with Gasteiger partial charge in [-0.3, -0.25) is 0 Å². The Kier molecular flexibility index (Phi) is 2.10. The van der Waals surface area contributed by atoms with E-state index < -0.39 is 0 Å². The molecule has 0 aromatic heterocycles.